The second-order valence-electron chi connectivity index (χ2n) is 7.30. The van der Waals surface area contributed by atoms with Crippen LogP contribution in [0.15, 0.2) is 18.2 Å². The van der Waals surface area contributed by atoms with Crippen molar-refractivity contribution in [3.63, 3.8) is 0 Å². The van der Waals surface area contributed by atoms with Crippen LogP contribution in [0.4, 0.5) is 0 Å². The van der Waals surface area contributed by atoms with Crippen molar-refractivity contribution in [1.29, 1.82) is 0 Å². The van der Waals surface area contributed by atoms with E-state index >= 15 is 0 Å². The standard InChI is InChI=1S/C20H27N3O/c1-14-13-18-17(15-5-3-2-4-6-15)7-8-19(20(18)23-22-14)24-16-9-11-21-12-10-16/h7-8,13,15-16,21H,2-6,9-12H2,1H3. The van der Waals surface area contributed by atoms with Gasteiger partial charge in [0.25, 0.3) is 0 Å². The predicted octanol–water partition coefficient (Wildman–Crippen LogP) is 4.12. The van der Waals surface area contributed by atoms with Crippen molar-refractivity contribution in [2.75, 3.05) is 13.1 Å². The highest BCUT2D eigenvalue weighted by atomic mass is 16.5. The largest absolute Gasteiger partial charge is 0.488 e. The second kappa shape index (κ2) is 7.06. The first kappa shape index (κ1) is 15.8. The van der Waals surface area contributed by atoms with Crippen molar-refractivity contribution in [2.45, 2.75) is 63.9 Å². The molecule has 4 nitrogen and oxygen atoms in total. The van der Waals surface area contributed by atoms with E-state index in [4.69, 9.17) is 4.74 Å². The Morgan fingerprint density at radius 1 is 1.00 bits per heavy atom. The van der Waals surface area contributed by atoms with Crippen molar-refractivity contribution in [2.24, 2.45) is 0 Å². The van der Waals surface area contributed by atoms with E-state index in [2.05, 4.69) is 33.7 Å². The predicted molar refractivity (Wildman–Crippen MR) is 96.6 cm³/mol. The lowest BCUT2D eigenvalue weighted by molar-refractivity contribution is 0.164. The van der Waals surface area contributed by atoms with Gasteiger partial charge in [-0.05, 0) is 69.3 Å². The van der Waals surface area contributed by atoms with Crippen LogP contribution in [0.5, 0.6) is 5.75 Å². The smallest absolute Gasteiger partial charge is 0.147 e. The Kier molecular flexibility index (Phi) is 4.65. The Labute approximate surface area is 144 Å². The van der Waals surface area contributed by atoms with Crippen LogP contribution in [0.2, 0.25) is 0 Å². The number of benzene rings is 1. The number of fused-ring (bicyclic) bond motifs is 1. The summed E-state index contributed by atoms with van der Waals surface area (Å²) in [6, 6.07) is 6.62. The van der Waals surface area contributed by atoms with Gasteiger partial charge in [0, 0.05) is 5.39 Å². The number of aromatic nitrogens is 2. The molecule has 2 fully saturated rings. The Balaban J connectivity index is 1.70. The summed E-state index contributed by atoms with van der Waals surface area (Å²) in [5.74, 6) is 1.57. The maximum atomic E-state index is 6.31. The monoisotopic (exact) mass is 325 g/mol. The third kappa shape index (κ3) is 3.25. The summed E-state index contributed by atoms with van der Waals surface area (Å²) in [7, 11) is 0. The van der Waals surface area contributed by atoms with Crippen molar-refractivity contribution in [3.8, 4) is 5.75 Å². The highest BCUT2D eigenvalue weighted by Gasteiger charge is 2.21. The molecule has 0 amide bonds. The molecule has 2 heterocycles. The van der Waals surface area contributed by atoms with Gasteiger partial charge in [-0.15, -0.1) is 5.10 Å². The normalized spacial score (nSPS) is 20.4. The number of hydrogen-bond donors (Lipinski definition) is 1. The van der Waals surface area contributed by atoms with Gasteiger partial charge in [-0.1, -0.05) is 25.3 Å². The lowest BCUT2D eigenvalue weighted by Crippen LogP contribution is -2.34. The SMILES string of the molecule is Cc1cc2c(C3CCCCC3)ccc(OC3CCNCC3)c2nn1. The quantitative estimate of drug-likeness (QED) is 0.922. The minimum atomic E-state index is 0.290. The lowest BCUT2D eigenvalue weighted by atomic mass is 9.82. The van der Waals surface area contributed by atoms with Crippen molar-refractivity contribution >= 4 is 10.9 Å². The van der Waals surface area contributed by atoms with Crippen LogP contribution in [-0.2, 0) is 0 Å². The summed E-state index contributed by atoms with van der Waals surface area (Å²) in [6.45, 7) is 4.10. The second-order valence-corrected chi connectivity index (χ2v) is 7.30. The number of ether oxygens (including phenoxy) is 1. The first-order chi connectivity index (χ1) is 11.8. The molecule has 1 aliphatic carbocycles. The van der Waals surface area contributed by atoms with Gasteiger partial charge >= 0.3 is 0 Å². The number of hydrogen-bond acceptors (Lipinski definition) is 4. The fourth-order valence-corrected chi connectivity index (χ4v) is 4.18. The summed E-state index contributed by atoms with van der Waals surface area (Å²) < 4.78 is 6.31. The molecular weight excluding hydrogens is 298 g/mol. The molecule has 1 aliphatic heterocycles. The van der Waals surface area contributed by atoms with E-state index in [0.29, 0.717) is 5.92 Å². The van der Waals surface area contributed by atoms with Gasteiger partial charge in [0.1, 0.15) is 17.4 Å². The number of piperidine rings is 1. The van der Waals surface area contributed by atoms with Gasteiger partial charge < -0.3 is 10.1 Å². The highest BCUT2D eigenvalue weighted by molar-refractivity contribution is 5.88. The Morgan fingerprint density at radius 2 is 1.79 bits per heavy atom. The molecule has 1 N–H and O–H groups in total. The molecule has 1 saturated heterocycles. The maximum Gasteiger partial charge on any atom is 0.147 e. The molecule has 0 unspecified atom stereocenters. The number of nitrogens with zero attached hydrogens (tertiary/aromatic N) is 2. The first-order valence-electron chi connectivity index (χ1n) is 9.45. The van der Waals surface area contributed by atoms with Gasteiger partial charge in [0.2, 0.25) is 0 Å². The molecular formula is C20H27N3O. The Hall–Kier alpha value is -1.68. The van der Waals surface area contributed by atoms with Gasteiger partial charge in [0.15, 0.2) is 0 Å². The van der Waals surface area contributed by atoms with Crippen LogP contribution in [0.25, 0.3) is 10.9 Å². The molecule has 0 radical (unpaired) electrons. The Morgan fingerprint density at radius 3 is 2.58 bits per heavy atom. The van der Waals surface area contributed by atoms with E-state index in [1.807, 2.05) is 6.92 Å². The lowest BCUT2D eigenvalue weighted by Gasteiger charge is -2.26. The van der Waals surface area contributed by atoms with E-state index in [-0.39, 0.29) is 6.10 Å². The molecule has 0 bridgehead atoms. The molecule has 4 rings (SSSR count). The Bertz CT molecular complexity index is 703. The molecule has 2 aliphatic rings. The number of nitrogens with one attached hydrogen (secondary N) is 1. The van der Waals surface area contributed by atoms with E-state index < -0.39 is 0 Å². The van der Waals surface area contributed by atoms with Crippen LogP contribution in [0.1, 0.15) is 62.1 Å². The summed E-state index contributed by atoms with van der Waals surface area (Å²) in [5, 5.41) is 13.5. The minimum absolute atomic E-state index is 0.290. The number of rotatable bonds is 3. The van der Waals surface area contributed by atoms with E-state index in [1.165, 1.54) is 43.1 Å². The zero-order chi connectivity index (χ0) is 16.4. The van der Waals surface area contributed by atoms with Gasteiger partial charge in [-0.2, -0.15) is 5.10 Å². The third-order valence-corrected chi connectivity index (χ3v) is 5.50. The summed E-state index contributed by atoms with van der Waals surface area (Å²) in [4.78, 5) is 0. The van der Waals surface area contributed by atoms with Crippen LogP contribution in [0, 0.1) is 6.92 Å². The average Bonchev–Trinajstić information content (AvgIpc) is 2.63. The van der Waals surface area contributed by atoms with Crippen LogP contribution < -0.4 is 10.1 Å². The highest BCUT2D eigenvalue weighted by Crippen LogP contribution is 2.38. The summed E-state index contributed by atoms with van der Waals surface area (Å²) in [6.07, 6.45) is 9.07. The van der Waals surface area contributed by atoms with Crippen LogP contribution >= 0.6 is 0 Å². The fraction of sp³-hybridized carbons (Fsp3) is 0.600. The summed E-state index contributed by atoms with van der Waals surface area (Å²) >= 11 is 0. The summed E-state index contributed by atoms with van der Waals surface area (Å²) in [5.41, 5.74) is 3.38. The fourth-order valence-electron chi connectivity index (χ4n) is 4.18. The molecule has 0 atom stereocenters. The van der Waals surface area contributed by atoms with Crippen LogP contribution in [0.3, 0.4) is 0 Å². The molecule has 1 aromatic heterocycles. The van der Waals surface area contributed by atoms with Crippen LogP contribution in [-0.4, -0.2) is 29.4 Å². The third-order valence-electron chi connectivity index (χ3n) is 5.50. The molecule has 1 aromatic carbocycles. The molecule has 24 heavy (non-hydrogen) atoms. The van der Waals surface area contributed by atoms with E-state index in [1.54, 1.807) is 0 Å². The molecule has 4 heteroatoms. The van der Waals surface area contributed by atoms with Crippen molar-refractivity contribution in [1.82, 2.24) is 15.5 Å². The molecule has 0 spiro atoms. The zero-order valence-electron chi connectivity index (χ0n) is 14.6. The van der Waals surface area contributed by atoms with E-state index in [0.717, 1.165) is 42.9 Å². The zero-order valence-corrected chi connectivity index (χ0v) is 14.6. The number of aryl methyl sites for hydroxylation is 1. The van der Waals surface area contributed by atoms with E-state index in [9.17, 15) is 0 Å². The molecule has 128 valence electrons. The first-order valence-corrected chi connectivity index (χ1v) is 9.45. The molecule has 2 aromatic rings. The maximum absolute atomic E-state index is 6.31. The molecule has 1 saturated carbocycles. The topological polar surface area (TPSA) is 47.0 Å². The van der Waals surface area contributed by atoms with Crippen molar-refractivity contribution < 1.29 is 4.74 Å². The van der Waals surface area contributed by atoms with Gasteiger partial charge in [-0.3, -0.25) is 0 Å². The van der Waals surface area contributed by atoms with Gasteiger partial charge in [0.05, 0.1) is 5.69 Å². The van der Waals surface area contributed by atoms with Gasteiger partial charge in [-0.25, -0.2) is 0 Å². The minimum Gasteiger partial charge on any atom is -0.488 e. The van der Waals surface area contributed by atoms with Crippen molar-refractivity contribution in [3.05, 3.63) is 29.5 Å². The average molecular weight is 325 g/mol.